The lowest BCUT2D eigenvalue weighted by atomic mass is 10.1. The van der Waals surface area contributed by atoms with Gasteiger partial charge in [0.05, 0.1) is 11.4 Å². The zero-order valence-electron chi connectivity index (χ0n) is 13.9. The fourth-order valence-corrected chi connectivity index (χ4v) is 2.63. The zero-order chi connectivity index (χ0) is 18.0. The number of benzene rings is 2. The number of nitrogens with zero attached hydrogens (tertiary/aromatic N) is 1. The van der Waals surface area contributed by atoms with Crippen molar-refractivity contribution in [2.24, 2.45) is 0 Å². The van der Waals surface area contributed by atoms with Gasteiger partial charge in [0.25, 0.3) is 11.8 Å². The van der Waals surface area contributed by atoms with Crippen molar-refractivity contribution in [1.29, 1.82) is 0 Å². The monoisotopic (exact) mass is 356 g/mol. The molecule has 0 spiro atoms. The molecule has 6 heteroatoms. The summed E-state index contributed by atoms with van der Waals surface area (Å²) >= 11 is 5.87. The molecule has 3 rings (SSSR count). The van der Waals surface area contributed by atoms with E-state index in [2.05, 4.69) is 5.32 Å². The number of carbonyl (C=O) groups is 2. The summed E-state index contributed by atoms with van der Waals surface area (Å²) < 4.78 is 5.51. The molecule has 1 aliphatic heterocycles. The molecule has 2 aromatic carbocycles. The maximum Gasteiger partial charge on any atom is 0.264 e. The minimum atomic E-state index is -0.244. The summed E-state index contributed by atoms with van der Waals surface area (Å²) in [4.78, 5) is 25.7. The number of fused-ring (bicyclic) bond motifs is 1. The van der Waals surface area contributed by atoms with Gasteiger partial charge in [-0.05, 0) is 42.8 Å². The van der Waals surface area contributed by atoms with E-state index in [1.54, 1.807) is 50.4 Å². The molecule has 1 aliphatic rings. The Labute approximate surface area is 150 Å². The minimum absolute atomic E-state index is 0.0457. The second-order valence-corrected chi connectivity index (χ2v) is 6.16. The van der Waals surface area contributed by atoms with Crippen molar-refractivity contribution in [3.05, 3.63) is 58.6 Å². The van der Waals surface area contributed by atoms with Crippen molar-refractivity contribution < 1.29 is 14.3 Å². The predicted molar refractivity (Wildman–Crippen MR) is 99.1 cm³/mol. The number of ether oxygens (including phenoxy) is 1. The van der Waals surface area contributed by atoms with Crippen LogP contribution in [-0.4, -0.2) is 25.5 Å². The van der Waals surface area contributed by atoms with Gasteiger partial charge in [-0.25, -0.2) is 0 Å². The second kappa shape index (κ2) is 6.99. The average molecular weight is 357 g/mol. The van der Waals surface area contributed by atoms with Crippen LogP contribution in [0.1, 0.15) is 12.5 Å². The Balaban J connectivity index is 1.82. The molecule has 0 aliphatic carbocycles. The average Bonchev–Trinajstić information content (AvgIpc) is 2.60. The Bertz CT molecular complexity index is 859. The van der Waals surface area contributed by atoms with Gasteiger partial charge in [-0.2, -0.15) is 0 Å². The number of halogens is 1. The minimum Gasteiger partial charge on any atom is -0.479 e. The molecule has 2 aromatic rings. The predicted octanol–water partition coefficient (Wildman–Crippen LogP) is 3.74. The van der Waals surface area contributed by atoms with Crippen LogP contribution in [-0.2, 0) is 9.59 Å². The van der Waals surface area contributed by atoms with Crippen LogP contribution < -0.4 is 15.0 Å². The number of carbonyl (C=O) groups excluding carboxylic acids is 2. The van der Waals surface area contributed by atoms with E-state index in [0.717, 1.165) is 5.56 Å². The third kappa shape index (κ3) is 3.67. The van der Waals surface area contributed by atoms with Gasteiger partial charge < -0.3 is 15.0 Å². The zero-order valence-corrected chi connectivity index (χ0v) is 14.6. The Morgan fingerprint density at radius 3 is 2.68 bits per heavy atom. The SMILES string of the molecule is C/C(=C\c1ccc(Cl)cc1)C(=O)Nc1cccc2c1OCC(=O)N2C. The van der Waals surface area contributed by atoms with E-state index in [9.17, 15) is 9.59 Å². The van der Waals surface area contributed by atoms with Crippen LogP contribution >= 0.6 is 11.6 Å². The topological polar surface area (TPSA) is 58.6 Å². The van der Waals surface area contributed by atoms with E-state index >= 15 is 0 Å². The summed E-state index contributed by atoms with van der Waals surface area (Å²) in [5.74, 6) is 0.124. The summed E-state index contributed by atoms with van der Waals surface area (Å²) in [5.41, 5.74) is 2.59. The second-order valence-electron chi connectivity index (χ2n) is 5.73. The number of hydrogen-bond donors (Lipinski definition) is 1. The van der Waals surface area contributed by atoms with Gasteiger partial charge in [-0.15, -0.1) is 0 Å². The van der Waals surface area contributed by atoms with E-state index in [0.29, 0.717) is 27.7 Å². The highest BCUT2D eigenvalue weighted by molar-refractivity contribution is 6.30. The molecule has 25 heavy (non-hydrogen) atoms. The third-order valence-electron chi connectivity index (χ3n) is 3.93. The Kier molecular flexibility index (Phi) is 4.76. The van der Waals surface area contributed by atoms with E-state index in [1.165, 1.54) is 4.90 Å². The smallest absolute Gasteiger partial charge is 0.264 e. The van der Waals surface area contributed by atoms with Crippen molar-refractivity contribution in [3.8, 4) is 5.75 Å². The molecule has 1 heterocycles. The summed E-state index contributed by atoms with van der Waals surface area (Å²) in [7, 11) is 1.68. The van der Waals surface area contributed by atoms with Crippen LogP contribution in [0.4, 0.5) is 11.4 Å². The summed E-state index contributed by atoms with van der Waals surface area (Å²) in [5, 5.41) is 3.49. The largest absolute Gasteiger partial charge is 0.479 e. The van der Waals surface area contributed by atoms with Crippen molar-refractivity contribution in [3.63, 3.8) is 0 Å². The van der Waals surface area contributed by atoms with E-state index < -0.39 is 0 Å². The Hall–Kier alpha value is -2.79. The lowest BCUT2D eigenvalue weighted by Crippen LogP contribution is -2.35. The van der Waals surface area contributed by atoms with Gasteiger partial charge in [0.15, 0.2) is 12.4 Å². The molecule has 1 N–H and O–H groups in total. The van der Waals surface area contributed by atoms with Crippen molar-refractivity contribution in [2.75, 3.05) is 23.9 Å². The van der Waals surface area contributed by atoms with Crippen LogP contribution in [0.2, 0.25) is 5.02 Å². The molecule has 128 valence electrons. The van der Waals surface area contributed by atoms with Gasteiger partial charge in [0, 0.05) is 17.6 Å². The quantitative estimate of drug-likeness (QED) is 0.852. The van der Waals surface area contributed by atoms with Crippen molar-refractivity contribution in [2.45, 2.75) is 6.92 Å². The molecule has 5 nitrogen and oxygen atoms in total. The van der Waals surface area contributed by atoms with Gasteiger partial charge in [-0.3, -0.25) is 9.59 Å². The molecule has 0 saturated carbocycles. The maximum atomic E-state index is 12.5. The van der Waals surface area contributed by atoms with Gasteiger partial charge in [0.1, 0.15) is 0 Å². The lowest BCUT2D eigenvalue weighted by molar-refractivity contribution is -0.120. The fraction of sp³-hybridized carbons (Fsp3) is 0.158. The molecule has 0 saturated heterocycles. The first kappa shape index (κ1) is 17.0. The van der Waals surface area contributed by atoms with E-state index in [-0.39, 0.29) is 18.4 Å². The Morgan fingerprint density at radius 2 is 1.96 bits per heavy atom. The van der Waals surface area contributed by atoms with E-state index in [4.69, 9.17) is 16.3 Å². The highest BCUT2D eigenvalue weighted by Crippen LogP contribution is 2.38. The highest BCUT2D eigenvalue weighted by Gasteiger charge is 2.25. The number of hydrogen-bond acceptors (Lipinski definition) is 3. The maximum absolute atomic E-state index is 12.5. The number of amides is 2. The van der Waals surface area contributed by atoms with Crippen LogP contribution in [0.25, 0.3) is 6.08 Å². The summed E-state index contributed by atoms with van der Waals surface area (Å²) in [6.07, 6.45) is 1.78. The van der Waals surface area contributed by atoms with Gasteiger partial charge >= 0.3 is 0 Å². The van der Waals surface area contributed by atoms with Crippen LogP contribution in [0, 0.1) is 0 Å². The molecule has 0 fully saturated rings. The lowest BCUT2D eigenvalue weighted by Gasteiger charge is -2.27. The standard InChI is InChI=1S/C19H17ClN2O3/c1-12(10-13-6-8-14(20)9-7-13)19(24)21-15-4-3-5-16-18(15)25-11-17(23)22(16)2/h3-10H,11H2,1-2H3,(H,21,24)/b12-10+. The normalized spacial score (nSPS) is 14.0. The molecular formula is C19H17ClN2O3. The van der Waals surface area contributed by atoms with E-state index in [1.807, 2.05) is 12.1 Å². The first-order valence-electron chi connectivity index (χ1n) is 7.73. The van der Waals surface area contributed by atoms with Crippen LogP contribution in [0.3, 0.4) is 0 Å². The van der Waals surface area contributed by atoms with Gasteiger partial charge in [-0.1, -0.05) is 29.8 Å². The van der Waals surface area contributed by atoms with Gasteiger partial charge in [0.2, 0.25) is 0 Å². The van der Waals surface area contributed by atoms with Crippen LogP contribution in [0.5, 0.6) is 5.75 Å². The number of anilines is 2. The summed E-state index contributed by atoms with van der Waals surface area (Å²) in [6, 6.07) is 12.5. The number of nitrogens with one attached hydrogen (secondary N) is 1. The number of para-hydroxylation sites is 1. The van der Waals surface area contributed by atoms with Crippen molar-refractivity contribution >= 4 is 40.9 Å². The third-order valence-corrected chi connectivity index (χ3v) is 4.18. The fourth-order valence-electron chi connectivity index (χ4n) is 2.50. The first-order chi connectivity index (χ1) is 12.0. The molecule has 0 aromatic heterocycles. The molecule has 0 bridgehead atoms. The highest BCUT2D eigenvalue weighted by atomic mass is 35.5. The number of likely N-dealkylation sites (N-methyl/N-ethyl adjacent to an activating group) is 1. The summed E-state index contributed by atoms with van der Waals surface area (Å²) in [6.45, 7) is 1.69. The first-order valence-corrected chi connectivity index (χ1v) is 8.11. The molecule has 0 radical (unpaired) electrons. The molecule has 0 unspecified atom stereocenters. The van der Waals surface area contributed by atoms with Crippen LogP contribution in [0.15, 0.2) is 48.0 Å². The molecule has 0 atom stereocenters. The molecular weight excluding hydrogens is 340 g/mol. The Morgan fingerprint density at radius 1 is 1.24 bits per heavy atom. The van der Waals surface area contributed by atoms with Crippen molar-refractivity contribution in [1.82, 2.24) is 0 Å². The molecule has 2 amide bonds. The number of rotatable bonds is 3.